The third-order valence-electron chi connectivity index (χ3n) is 3.02. The van der Waals surface area contributed by atoms with Crippen molar-refractivity contribution in [2.45, 2.75) is 55.8 Å². The van der Waals surface area contributed by atoms with Crippen molar-refractivity contribution in [3.8, 4) is 0 Å². The van der Waals surface area contributed by atoms with Gasteiger partial charge in [0.2, 0.25) is 0 Å². The molecule has 1 unspecified atom stereocenters. The van der Waals surface area contributed by atoms with E-state index in [0.717, 1.165) is 12.8 Å². The number of allylic oxidation sites excluding steroid dienone is 2. The SMILES string of the molecule is CCCCCC/C=C/C1CCC(=O)[C@@H]1I. The standard InChI is InChI=1S/C13H21IO/c1-2-3-4-5-6-7-8-11-9-10-12(15)13(11)14/h7-8,11,13H,2-6,9-10H2,1H3/b8-7+/t11?,13-/m1/s1. The average molecular weight is 320 g/mol. The van der Waals surface area contributed by atoms with Gasteiger partial charge in [-0.2, -0.15) is 0 Å². The van der Waals surface area contributed by atoms with Crippen molar-refractivity contribution in [2.24, 2.45) is 5.92 Å². The highest BCUT2D eigenvalue weighted by molar-refractivity contribution is 14.1. The number of ketones is 1. The van der Waals surface area contributed by atoms with Gasteiger partial charge < -0.3 is 0 Å². The van der Waals surface area contributed by atoms with Gasteiger partial charge in [0.15, 0.2) is 0 Å². The highest BCUT2D eigenvalue weighted by atomic mass is 127. The predicted octanol–water partition coefficient (Wildman–Crippen LogP) is 4.30. The van der Waals surface area contributed by atoms with Crippen LogP contribution in [0.1, 0.15) is 51.9 Å². The van der Waals surface area contributed by atoms with Gasteiger partial charge in [-0.05, 0) is 25.2 Å². The zero-order chi connectivity index (χ0) is 11.1. The molecule has 0 heterocycles. The monoisotopic (exact) mass is 320 g/mol. The minimum atomic E-state index is 0.245. The molecular formula is C13H21IO. The molecule has 1 saturated carbocycles. The number of Topliss-reactive ketones (excluding diaryl/α,β-unsaturated/α-hetero) is 1. The van der Waals surface area contributed by atoms with Crippen molar-refractivity contribution in [3.05, 3.63) is 12.2 Å². The summed E-state index contributed by atoms with van der Waals surface area (Å²) in [6.45, 7) is 2.24. The van der Waals surface area contributed by atoms with Gasteiger partial charge in [-0.15, -0.1) is 0 Å². The minimum absolute atomic E-state index is 0.245. The first kappa shape index (κ1) is 13.2. The number of carbonyl (C=O) groups excluding carboxylic acids is 1. The molecule has 0 aromatic heterocycles. The number of halogens is 1. The molecule has 0 aliphatic heterocycles. The second kappa shape index (κ2) is 7.42. The van der Waals surface area contributed by atoms with Crippen molar-refractivity contribution in [3.63, 3.8) is 0 Å². The van der Waals surface area contributed by atoms with Crippen LogP contribution in [0.4, 0.5) is 0 Å². The topological polar surface area (TPSA) is 17.1 Å². The lowest BCUT2D eigenvalue weighted by Gasteiger charge is -2.06. The van der Waals surface area contributed by atoms with Crippen LogP contribution in [0.25, 0.3) is 0 Å². The van der Waals surface area contributed by atoms with Gasteiger partial charge in [0, 0.05) is 6.42 Å². The molecule has 0 amide bonds. The summed E-state index contributed by atoms with van der Waals surface area (Å²) in [6, 6.07) is 0. The highest BCUT2D eigenvalue weighted by Crippen LogP contribution is 2.30. The van der Waals surface area contributed by atoms with Crippen LogP contribution in [-0.4, -0.2) is 9.71 Å². The maximum Gasteiger partial charge on any atom is 0.146 e. The molecule has 1 rings (SSSR count). The third kappa shape index (κ3) is 4.66. The maximum atomic E-state index is 11.3. The number of rotatable bonds is 6. The summed E-state index contributed by atoms with van der Waals surface area (Å²) < 4.78 is 0.245. The molecule has 1 aliphatic carbocycles. The van der Waals surface area contributed by atoms with E-state index in [9.17, 15) is 4.79 Å². The van der Waals surface area contributed by atoms with E-state index in [-0.39, 0.29) is 3.92 Å². The van der Waals surface area contributed by atoms with Crippen LogP contribution in [0.15, 0.2) is 12.2 Å². The third-order valence-corrected chi connectivity index (χ3v) is 4.63. The van der Waals surface area contributed by atoms with Crippen LogP contribution in [0.2, 0.25) is 0 Å². The van der Waals surface area contributed by atoms with Crippen LogP contribution >= 0.6 is 22.6 Å². The Morgan fingerprint density at radius 1 is 1.40 bits per heavy atom. The summed E-state index contributed by atoms with van der Waals surface area (Å²) >= 11 is 2.29. The van der Waals surface area contributed by atoms with Gasteiger partial charge in [0.25, 0.3) is 0 Å². The van der Waals surface area contributed by atoms with Crippen molar-refractivity contribution in [2.75, 3.05) is 0 Å². The minimum Gasteiger partial charge on any atom is -0.299 e. The first-order valence-corrected chi connectivity index (χ1v) is 7.33. The molecule has 0 radical (unpaired) electrons. The van der Waals surface area contributed by atoms with Crippen LogP contribution < -0.4 is 0 Å². The number of hydrogen-bond donors (Lipinski definition) is 0. The Kier molecular flexibility index (Phi) is 6.53. The van der Waals surface area contributed by atoms with E-state index in [4.69, 9.17) is 0 Å². The Morgan fingerprint density at radius 2 is 2.20 bits per heavy atom. The lowest BCUT2D eigenvalue weighted by molar-refractivity contribution is -0.116. The van der Waals surface area contributed by atoms with E-state index in [0.29, 0.717) is 11.7 Å². The first-order chi connectivity index (χ1) is 7.25. The summed E-state index contributed by atoms with van der Waals surface area (Å²) in [5.41, 5.74) is 0. The van der Waals surface area contributed by atoms with Gasteiger partial charge in [-0.3, -0.25) is 4.79 Å². The molecule has 0 bridgehead atoms. The molecular weight excluding hydrogens is 299 g/mol. The fourth-order valence-electron chi connectivity index (χ4n) is 1.99. The zero-order valence-corrected chi connectivity index (χ0v) is 11.7. The van der Waals surface area contributed by atoms with Crippen LogP contribution in [0.5, 0.6) is 0 Å². The Balaban J connectivity index is 2.12. The molecule has 2 atom stereocenters. The molecule has 1 nitrogen and oxygen atoms in total. The fourth-order valence-corrected chi connectivity index (χ4v) is 2.90. The van der Waals surface area contributed by atoms with E-state index < -0.39 is 0 Å². The molecule has 1 aliphatic rings. The number of alkyl halides is 1. The number of unbranched alkanes of at least 4 members (excludes halogenated alkanes) is 4. The number of carbonyl (C=O) groups is 1. The molecule has 1 fully saturated rings. The average Bonchev–Trinajstić information content (AvgIpc) is 2.54. The summed E-state index contributed by atoms with van der Waals surface area (Å²) in [6.07, 6.45) is 12.9. The lowest BCUT2D eigenvalue weighted by Crippen LogP contribution is -2.11. The van der Waals surface area contributed by atoms with Crippen molar-refractivity contribution < 1.29 is 4.79 Å². The van der Waals surface area contributed by atoms with E-state index in [1.54, 1.807) is 0 Å². The fraction of sp³-hybridized carbons (Fsp3) is 0.769. The van der Waals surface area contributed by atoms with Crippen LogP contribution in [0, 0.1) is 5.92 Å². The number of hydrogen-bond acceptors (Lipinski definition) is 1. The summed E-state index contributed by atoms with van der Waals surface area (Å²) in [4.78, 5) is 11.3. The predicted molar refractivity (Wildman–Crippen MR) is 73.4 cm³/mol. The molecule has 0 saturated heterocycles. The zero-order valence-electron chi connectivity index (χ0n) is 9.55. The largest absolute Gasteiger partial charge is 0.299 e. The second-order valence-electron chi connectivity index (χ2n) is 4.35. The van der Waals surface area contributed by atoms with Gasteiger partial charge in [-0.25, -0.2) is 0 Å². The Bertz CT molecular complexity index is 223. The van der Waals surface area contributed by atoms with E-state index in [1.807, 2.05) is 0 Å². The lowest BCUT2D eigenvalue weighted by atomic mass is 10.1. The molecule has 15 heavy (non-hydrogen) atoms. The molecule has 86 valence electrons. The smallest absolute Gasteiger partial charge is 0.146 e. The quantitative estimate of drug-likeness (QED) is 0.309. The van der Waals surface area contributed by atoms with Crippen molar-refractivity contribution in [1.29, 1.82) is 0 Å². The van der Waals surface area contributed by atoms with Crippen molar-refractivity contribution >= 4 is 28.4 Å². The molecule has 2 heteroatoms. The summed E-state index contributed by atoms with van der Waals surface area (Å²) in [7, 11) is 0. The first-order valence-electron chi connectivity index (χ1n) is 6.09. The van der Waals surface area contributed by atoms with Gasteiger partial charge in [0.1, 0.15) is 5.78 Å². The summed E-state index contributed by atoms with van der Waals surface area (Å²) in [5.74, 6) is 0.959. The molecule has 0 spiro atoms. The van der Waals surface area contributed by atoms with Gasteiger partial charge >= 0.3 is 0 Å². The normalized spacial score (nSPS) is 26.7. The van der Waals surface area contributed by atoms with E-state index in [1.165, 1.54) is 32.1 Å². The van der Waals surface area contributed by atoms with E-state index >= 15 is 0 Å². The second-order valence-corrected chi connectivity index (χ2v) is 5.69. The highest BCUT2D eigenvalue weighted by Gasteiger charge is 2.30. The summed E-state index contributed by atoms with van der Waals surface area (Å²) in [5, 5.41) is 0. The van der Waals surface area contributed by atoms with Gasteiger partial charge in [-0.1, -0.05) is 60.9 Å². The Morgan fingerprint density at radius 3 is 2.80 bits per heavy atom. The Labute approximate surface area is 107 Å². The molecule has 0 aromatic rings. The van der Waals surface area contributed by atoms with Crippen LogP contribution in [-0.2, 0) is 4.79 Å². The van der Waals surface area contributed by atoms with Gasteiger partial charge in [0.05, 0.1) is 3.92 Å². The van der Waals surface area contributed by atoms with E-state index in [2.05, 4.69) is 41.7 Å². The molecule has 0 N–H and O–H groups in total. The molecule has 0 aromatic carbocycles. The maximum absolute atomic E-state index is 11.3. The Hall–Kier alpha value is 0.140. The van der Waals surface area contributed by atoms with Crippen LogP contribution in [0.3, 0.4) is 0 Å². The van der Waals surface area contributed by atoms with Crippen molar-refractivity contribution in [1.82, 2.24) is 0 Å².